The first kappa shape index (κ1) is 27.4. The van der Waals surface area contributed by atoms with Gasteiger partial charge in [-0.2, -0.15) is 0 Å². The van der Waals surface area contributed by atoms with Gasteiger partial charge in [-0.3, -0.25) is 9.59 Å². The highest BCUT2D eigenvalue weighted by molar-refractivity contribution is 6.30. The molecule has 0 aromatic heterocycles. The molecular formula is C32H30Cl2N2O2. The minimum Gasteiger partial charge on any atom is -0.328 e. The van der Waals surface area contributed by atoms with E-state index in [9.17, 15) is 9.59 Å². The molecule has 0 aliphatic heterocycles. The fourth-order valence-electron chi connectivity index (χ4n) is 4.16. The molecule has 38 heavy (non-hydrogen) atoms. The summed E-state index contributed by atoms with van der Waals surface area (Å²) in [7, 11) is 0. The van der Waals surface area contributed by atoms with Gasteiger partial charge < -0.3 is 10.6 Å². The summed E-state index contributed by atoms with van der Waals surface area (Å²) < 4.78 is 0. The second-order valence-electron chi connectivity index (χ2n) is 9.27. The molecule has 0 radical (unpaired) electrons. The lowest BCUT2D eigenvalue weighted by Gasteiger charge is -2.07. The number of hydrogen-bond acceptors (Lipinski definition) is 2. The number of halogens is 2. The van der Waals surface area contributed by atoms with Crippen molar-refractivity contribution < 1.29 is 9.59 Å². The molecule has 2 amide bonds. The summed E-state index contributed by atoms with van der Waals surface area (Å²) >= 11 is 11.4. The van der Waals surface area contributed by atoms with Crippen LogP contribution < -0.4 is 10.6 Å². The van der Waals surface area contributed by atoms with Crippen LogP contribution in [-0.4, -0.2) is 12.3 Å². The normalized spacial score (nSPS) is 17.0. The largest absolute Gasteiger partial charge is 0.328 e. The monoisotopic (exact) mass is 544 g/mol. The highest BCUT2D eigenvalue weighted by Crippen LogP contribution is 2.56. The van der Waals surface area contributed by atoms with Crippen molar-refractivity contribution in [2.24, 2.45) is 5.92 Å². The molecule has 2 atom stereocenters. The van der Waals surface area contributed by atoms with Crippen LogP contribution in [0.5, 0.6) is 0 Å². The van der Waals surface area contributed by atoms with Crippen molar-refractivity contribution in [1.29, 1.82) is 0 Å². The van der Waals surface area contributed by atoms with E-state index in [-0.39, 0.29) is 11.8 Å². The lowest BCUT2D eigenvalue weighted by molar-refractivity contribution is -0.117. The van der Waals surface area contributed by atoms with E-state index >= 15 is 0 Å². The molecule has 0 saturated heterocycles. The van der Waals surface area contributed by atoms with Crippen molar-refractivity contribution in [3.8, 4) is 0 Å². The van der Waals surface area contributed by atoms with Gasteiger partial charge in [-0.25, -0.2) is 0 Å². The SMILES string of the molecule is Clc1ccccc1.O=C(Nc1ccccc1)C1CC1.O=CNc1ccccc1C1CC1c1ccc(Cl)cc1. The fraction of sp³-hybridized carbons (Fsp3) is 0.188. The molecule has 2 N–H and O–H groups in total. The van der Waals surface area contributed by atoms with Gasteiger partial charge in [0.05, 0.1) is 0 Å². The topological polar surface area (TPSA) is 58.2 Å². The Hall–Kier alpha value is -3.60. The number of anilines is 2. The van der Waals surface area contributed by atoms with Gasteiger partial charge in [0.15, 0.2) is 0 Å². The molecule has 2 saturated carbocycles. The Bertz CT molecular complexity index is 1310. The van der Waals surface area contributed by atoms with E-state index in [0.29, 0.717) is 11.8 Å². The first-order chi connectivity index (χ1) is 18.5. The van der Waals surface area contributed by atoms with E-state index in [0.717, 1.165) is 47.1 Å². The Morgan fingerprint density at radius 2 is 1.29 bits per heavy atom. The maximum atomic E-state index is 11.3. The van der Waals surface area contributed by atoms with Crippen LogP contribution in [0.4, 0.5) is 11.4 Å². The number of amides is 2. The zero-order chi connectivity index (χ0) is 26.7. The number of benzene rings is 4. The summed E-state index contributed by atoms with van der Waals surface area (Å²) in [6, 6.07) is 35.1. The van der Waals surface area contributed by atoms with Crippen molar-refractivity contribution in [2.75, 3.05) is 10.6 Å². The van der Waals surface area contributed by atoms with Gasteiger partial charge >= 0.3 is 0 Å². The molecule has 4 aromatic rings. The molecule has 4 aromatic carbocycles. The van der Waals surface area contributed by atoms with Crippen LogP contribution in [0.2, 0.25) is 10.0 Å². The zero-order valence-electron chi connectivity index (χ0n) is 20.9. The van der Waals surface area contributed by atoms with E-state index in [1.165, 1.54) is 11.1 Å². The van der Waals surface area contributed by atoms with E-state index in [1.807, 2.05) is 91.0 Å². The standard InChI is InChI=1S/C16H14ClNO.C10H11NO.C6H5Cl/c17-12-7-5-11(6-8-12)14-9-15(14)13-3-1-2-4-16(13)18-10-19;12-10(8-6-7-8)11-9-4-2-1-3-5-9;7-6-4-2-1-3-5-6/h1-8,10,14-15H,9H2,(H,18,19);1-5,8H,6-7H2,(H,11,12);1-5H. The summed E-state index contributed by atoms with van der Waals surface area (Å²) in [5.74, 6) is 1.48. The molecule has 6 rings (SSSR count). The van der Waals surface area contributed by atoms with Crippen molar-refractivity contribution in [2.45, 2.75) is 31.1 Å². The predicted molar refractivity (Wildman–Crippen MR) is 157 cm³/mol. The average Bonchev–Trinajstić information content (AvgIpc) is 3.86. The van der Waals surface area contributed by atoms with Crippen LogP contribution in [-0.2, 0) is 9.59 Å². The smallest absolute Gasteiger partial charge is 0.227 e. The number of carbonyl (C=O) groups is 2. The molecule has 0 bridgehead atoms. The molecule has 0 heterocycles. The van der Waals surface area contributed by atoms with Crippen molar-refractivity contribution in [3.63, 3.8) is 0 Å². The zero-order valence-corrected chi connectivity index (χ0v) is 22.4. The third-order valence-corrected chi connectivity index (χ3v) is 6.89. The quantitative estimate of drug-likeness (QED) is 0.239. The fourth-order valence-corrected chi connectivity index (χ4v) is 4.43. The highest BCUT2D eigenvalue weighted by atomic mass is 35.5. The molecule has 2 aliphatic carbocycles. The third kappa shape index (κ3) is 8.47. The summed E-state index contributed by atoms with van der Waals surface area (Å²) in [4.78, 5) is 21.9. The highest BCUT2D eigenvalue weighted by Gasteiger charge is 2.40. The predicted octanol–water partition coefficient (Wildman–Crippen LogP) is 8.55. The van der Waals surface area contributed by atoms with Crippen molar-refractivity contribution in [3.05, 3.63) is 130 Å². The van der Waals surface area contributed by atoms with Crippen molar-refractivity contribution in [1.82, 2.24) is 0 Å². The number of hydrogen-bond donors (Lipinski definition) is 2. The summed E-state index contributed by atoms with van der Waals surface area (Å²) in [6.07, 6.45) is 3.97. The Labute approximate surface area is 234 Å². The average molecular weight is 546 g/mol. The van der Waals surface area contributed by atoms with Gasteiger partial charge in [-0.1, -0.05) is 89.9 Å². The van der Waals surface area contributed by atoms with Crippen molar-refractivity contribution >= 4 is 46.9 Å². The number of rotatable bonds is 6. The molecule has 2 aliphatic rings. The van der Waals surface area contributed by atoms with Crippen LogP contribution in [0.25, 0.3) is 0 Å². The number of nitrogens with one attached hydrogen (secondary N) is 2. The molecular weight excluding hydrogens is 515 g/mol. The third-order valence-electron chi connectivity index (χ3n) is 6.39. The van der Waals surface area contributed by atoms with Crippen LogP contribution in [0.15, 0.2) is 109 Å². The van der Waals surface area contributed by atoms with Gasteiger partial charge in [0, 0.05) is 27.3 Å². The van der Waals surface area contributed by atoms with Crippen LogP contribution >= 0.6 is 23.2 Å². The Balaban J connectivity index is 0.000000150. The first-order valence-electron chi connectivity index (χ1n) is 12.7. The molecule has 6 heteroatoms. The molecule has 0 spiro atoms. The Kier molecular flexibility index (Phi) is 9.97. The van der Waals surface area contributed by atoms with E-state index < -0.39 is 0 Å². The molecule has 2 unspecified atom stereocenters. The maximum absolute atomic E-state index is 11.3. The molecule has 194 valence electrons. The van der Waals surface area contributed by atoms with Gasteiger partial charge in [0.2, 0.25) is 12.3 Å². The van der Waals surface area contributed by atoms with E-state index in [4.69, 9.17) is 23.2 Å². The Morgan fingerprint density at radius 3 is 1.87 bits per heavy atom. The summed E-state index contributed by atoms with van der Waals surface area (Å²) in [5.41, 5.74) is 4.35. The van der Waals surface area contributed by atoms with Gasteiger partial charge in [0.25, 0.3) is 0 Å². The van der Waals surface area contributed by atoms with E-state index in [2.05, 4.69) is 28.8 Å². The van der Waals surface area contributed by atoms with Gasteiger partial charge in [0.1, 0.15) is 0 Å². The summed E-state index contributed by atoms with van der Waals surface area (Å²) in [6.45, 7) is 0. The minimum absolute atomic E-state index is 0.168. The number of para-hydroxylation sites is 2. The Morgan fingerprint density at radius 1 is 0.711 bits per heavy atom. The first-order valence-corrected chi connectivity index (χ1v) is 13.4. The summed E-state index contributed by atoms with van der Waals surface area (Å²) in [5, 5.41) is 7.20. The van der Waals surface area contributed by atoms with Gasteiger partial charge in [-0.05, 0) is 84.7 Å². The molecule has 4 nitrogen and oxygen atoms in total. The van der Waals surface area contributed by atoms with Crippen LogP contribution in [0, 0.1) is 5.92 Å². The second kappa shape index (κ2) is 13.8. The molecule has 2 fully saturated rings. The lowest BCUT2D eigenvalue weighted by Crippen LogP contribution is -2.12. The van der Waals surface area contributed by atoms with Crippen LogP contribution in [0.3, 0.4) is 0 Å². The maximum Gasteiger partial charge on any atom is 0.227 e. The lowest BCUT2D eigenvalue weighted by atomic mass is 10.0. The number of carbonyl (C=O) groups excluding carboxylic acids is 2. The minimum atomic E-state index is 0.168. The second-order valence-corrected chi connectivity index (χ2v) is 10.1. The van der Waals surface area contributed by atoms with E-state index in [1.54, 1.807) is 0 Å². The van der Waals surface area contributed by atoms with Gasteiger partial charge in [-0.15, -0.1) is 0 Å². The van der Waals surface area contributed by atoms with Crippen LogP contribution in [0.1, 0.15) is 42.2 Å².